The number of nitrogens with zero attached hydrogens (tertiary/aromatic N) is 1. The van der Waals surface area contributed by atoms with Crippen LogP contribution in [0.15, 0.2) is 41.3 Å². The smallest absolute Gasteiger partial charge is 0.265 e. The van der Waals surface area contributed by atoms with E-state index < -0.39 is 22.2 Å². The number of fused-ring (bicyclic) bond motifs is 1. The van der Waals surface area contributed by atoms with Gasteiger partial charge in [-0.25, -0.2) is 8.42 Å². The summed E-state index contributed by atoms with van der Waals surface area (Å²) in [7, 11) is -3.94. The average Bonchev–Trinajstić information content (AvgIpc) is 3.22. The van der Waals surface area contributed by atoms with E-state index in [2.05, 4.69) is 10.6 Å². The lowest BCUT2D eigenvalue weighted by Gasteiger charge is -2.26. The van der Waals surface area contributed by atoms with Gasteiger partial charge in [-0.05, 0) is 75.1 Å². The number of amides is 2. The zero-order valence-corrected chi connectivity index (χ0v) is 18.5. The molecule has 31 heavy (non-hydrogen) atoms. The second kappa shape index (κ2) is 7.97. The van der Waals surface area contributed by atoms with Crippen molar-refractivity contribution in [3.8, 4) is 5.75 Å². The van der Waals surface area contributed by atoms with Gasteiger partial charge >= 0.3 is 0 Å². The molecule has 2 aliphatic rings. The van der Waals surface area contributed by atoms with Crippen molar-refractivity contribution in [3.63, 3.8) is 0 Å². The fourth-order valence-corrected chi connectivity index (χ4v) is 5.50. The highest BCUT2D eigenvalue weighted by Gasteiger charge is 2.40. The van der Waals surface area contributed by atoms with Gasteiger partial charge < -0.3 is 15.4 Å². The molecule has 2 aliphatic heterocycles. The summed E-state index contributed by atoms with van der Waals surface area (Å²) in [5, 5.41) is 5.51. The summed E-state index contributed by atoms with van der Waals surface area (Å²) in [6, 6.07) is 9.14. The lowest BCUT2D eigenvalue weighted by molar-refractivity contribution is -0.122. The maximum atomic E-state index is 13.3. The number of rotatable bonds is 4. The number of anilines is 2. The number of ether oxygens (including phenoxy) is 1. The first kappa shape index (κ1) is 21.3. The van der Waals surface area contributed by atoms with E-state index in [9.17, 15) is 18.0 Å². The van der Waals surface area contributed by atoms with Gasteiger partial charge in [-0.15, -0.1) is 0 Å². The SMILES string of the molecule is Cc1ccc(NC(=O)[C@H]2CCCN2S(=O)(=O)c2ccc3c(c2)NC(=O)[C@H](C)O3)cc1C. The quantitative estimate of drug-likeness (QED) is 0.756. The molecule has 0 spiro atoms. The number of carbonyl (C=O) groups excluding carboxylic acids is 2. The molecule has 2 aromatic rings. The Kier molecular flexibility index (Phi) is 5.49. The Hall–Kier alpha value is -2.91. The molecule has 1 saturated heterocycles. The Morgan fingerprint density at radius 1 is 1.16 bits per heavy atom. The van der Waals surface area contributed by atoms with Crippen LogP contribution in [0.1, 0.15) is 30.9 Å². The summed E-state index contributed by atoms with van der Waals surface area (Å²) in [5.74, 6) is -0.280. The molecule has 9 heteroatoms. The molecule has 0 aliphatic carbocycles. The number of hydrogen-bond acceptors (Lipinski definition) is 5. The van der Waals surface area contributed by atoms with Crippen molar-refractivity contribution >= 4 is 33.2 Å². The van der Waals surface area contributed by atoms with Crippen LogP contribution in [-0.4, -0.2) is 43.2 Å². The zero-order chi connectivity index (χ0) is 22.3. The van der Waals surface area contributed by atoms with Crippen LogP contribution in [-0.2, 0) is 19.6 Å². The van der Waals surface area contributed by atoms with Gasteiger partial charge in [0.25, 0.3) is 5.91 Å². The molecular formula is C22H25N3O5S. The third-order valence-electron chi connectivity index (χ3n) is 5.77. The third-order valence-corrected chi connectivity index (χ3v) is 7.67. The summed E-state index contributed by atoms with van der Waals surface area (Å²) in [4.78, 5) is 24.8. The molecule has 2 atom stereocenters. The highest BCUT2D eigenvalue weighted by atomic mass is 32.2. The zero-order valence-electron chi connectivity index (χ0n) is 17.6. The fourth-order valence-electron chi connectivity index (χ4n) is 3.82. The van der Waals surface area contributed by atoms with E-state index in [-0.39, 0.29) is 23.3 Å². The minimum atomic E-state index is -3.94. The summed E-state index contributed by atoms with van der Waals surface area (Å²) >= 11 is 0. The highest BCUT2D eigenvalue weighted by molar-refractivity contribution is 7.89. The summed E-state index contributed by atoms with van der Waals surface area (Å²) in [6.07, 6.45) is 0.386. The van der Waals surface area contributed by atoms with Crippen molar-refractivity contribution in [1.29, 1.82) is 0 Å². The largest absolute Gasteiger partial charge is 0.479 e. The van der Waals surface area contributed by atoms with Crippen LogP contribution in [0, 0.1) is 13.8 Å². The van der Waals surface area contributed by atoms with Crippen molar-refractivity contribution in [2.75, 3.05) is 17.2 Å². The number of hydrogen-bond donors (Lipinski definition) is 2. The van der Waals surface area contributed by atoms with Crippen LogP contribution in [0.2, 0.25) is 0 Å². The van der Waals surface area contributed by atoms with E-state index in [4.69, 9.17) is 4.74 Å². The molecule has 0 bridgehead atoms. The fraction of sp³-hybridized carbons (Fsp3) is 0.364. The predicted molar refractivity (Wildman–Crippen MR) is 117 cm³/mol. The number of benzene rings is 2. The molecule has 8 nitrogen and oxygen atoms in total. The first-order valence-corrected chi connectivity index (χ1v) is 11.6. The van der Waals surface area contributed by atoms with Gasteiger partial charge in [0.1, 0.15) is 11.8 Å². The molecule has 2 N–H and O–H groups in total. The number of sulfonamides is 1. The van der Waals surface area contributed by atoms with E-state index in [1.807, 2.05) is 26.0 Å². The maximum absolute atomic E-state index is 13.3. The van der Waals surface area contributed by atoms with Crippen LogP contribution in [0.5, 0.6) is 5.75 Å². The van der Waals surface area contributed by atoms with E-state index in [1.165, 1.54) is 22.5 Å². The molecule has 0 radical (unpaired) electrons. The van der Waals surface area contributed by atoms with Gasteiger partial charge in [0, 0.05) is 12.2 Å². The lowest BCUT2D eigenvalue weighted by Crippen LogP contribution is -2.43. The lowest BCUT2D eigenvalue weighted by atomic mass is 10.1. The van der Waals surface area contributed by atoms with Gasteiger partial charge in [-0.2, -0.15) is 4.31 Å². The number of aryl methyl sites for hydroxylation is 2. The molecule has 4 rings (SSSR count). The number of carbonyl (C=O) groups is 2. The first-order valence-electron chi connectivity index (χ1n) is 10.2. The standard InChI is InChI=1S/C22H25N3O5S/c1-13-6-7-16(11-14(13)2)23-22(27)19-5-4-10-25(19)31(28,29)17-8-9-20-18(12-17)24-21(26)15(3)30-20/h6-9,11-12,15,19H,4-5,10H2,1-3H3,(H,23,27)(H,24,26)/t15-,19+/m0/s1. The van der Waals surface area contributed by atoms with Crippen LogP contribution in [0.4, 0.5) is 11.4 Å². The van der Waals surface area contributed by atoms with E-state index in [1.54, 1.807) is 13.0 Å². The predicted octanol–water partition coefficient (Wildman–Crippen LogP) is 2.81. The molecular weight excluding hydrogens is 418 g/mol. The minimum absolute atomic E-state index is 0.00980. The monoisotopic (exact) mass is 443 g/mol. The van der Waals surface area contributed by atoms with Gasteiger partial charge in [-0.3, -0.25) is 9.59 Å². The van der Waals surface area contributed by atoms with Crippen molar-refractivity contribution in [2.45, 2.75) is 50.7 Å². The number of nitrogens with one attached hydrogen (secondary N) is 2. The molecule has 1 fully saturated rings. The second-order valence-electron chi connectivity index (χ2n) is 7.97. The Morgan fingerprint density at radius 2 is 1.94 bits per heavy atom. The first-order chi connectivity index (χ1) is 14.7. The van der Waals surface area contributed by atoms with Gasteiger partial charge in [0.15, 0.2) is 6.10 Å². The topological polar surface area (TPSA) is 105 Å². The Balaban J connectivity index is 1.57. The molecule has 0 unspecified atom stereocenters. The Morgan fingerprint density at radius 3 is 2.68 bits per heavy atom. The molecule has 2 aromatic carbocycles. The van der Waals surface area contributed by atoms with E-state index >= 15 is 0 Å². The van der Waals surface area contributed by atoms with Crippen molar-refractivity contribution in [1.82, 2.24) is 4.31 Å². The van der Waals surface area contributed by atoms with Crippen molar-refractivity contribution in [2.24, 2.45) is 0 Å². The van der Waals surface area contributed by atoms with E-state index in [0.717, 1.165) is 11.1 Å². The molecule has 0 aromatic heterocycles. The van der Waals surface area contributed by atoms with Crippen molar-refractivity contribution < 1.29 is 22.7 Å². The van der Waals surface area contributed by atoms with Crippen LogP contribution in [0.25, 0.3) is 0 Å². The third kappa shape index (κ3) is 4.03. The Labute approximate surface area is 181 Å². The van der Waals surface area contributed by atoms with Crippen molar-refractivity contribution in [3.05, 3.63) is 47.5 Å². The summed E-state index contributed by atoms with van der Waals surface area (Å²) in [6.45, 7) is 5.81. The summed E-state index contributed by atoms with van der Waals surface area (Å²) < 4.78 is 33.4. The highest BCUT2D eigenvalue weighted by Crippen LogP contribution is 2.34. The van der Waals surface area contributed by atoms with Gasteiger partial charge in [-0.1, -0.05) is 6.07 Å². The Bertz CT molecular complexity index is 1160. The van der Waals surface area contributed by atoms with Crippen LogP contribution in [0.3, 0.4) is 0 Å². The normalized spacial score (nSPS) is 21.2. The summed E-state index contributed by atoms with van der Waals surface area (Å²) in [5.41, 5.74) is 3.10. The second-order valence-corrected chi connectivity index (χ2v) is 9.86. The average molecular weight is 444 g/mol. The molecule has 2 amide bonds. The van der Waals surface area contributed by atoms with Gasteiger partial charge in [0.05, 0.1) is 10.6 Å². The van der Waals surface area contributed by atoms with Gasteiger partial charge in [0.2, 0.25) is 15.9 Å². The van der Waals surface area contributed by atoms with Crippen LogP contribution < -0.4 is 15.4 Å². The minimum Gasteiger partial charge on any atom is -0.479 e. The molecule has 164 valence electrons. The molecule has 2 heterocycles. The molecule has 0 saturated carbocycles. The van der Waals surface area contributed by atoms with Crippen LogP contribution >= 0.6 is 0 Å². The van der Waals surface area contributed by atoms with E-state index in [0.29, 0.717) is 30.0 Å². The maximum Gasteiger partial charge on any atom is 0.265 e.